The van der Waals surface area contributed by atoms with Gasteiger partial charge in [0.05, 0.1) is 18.1 Å². The molecule has 22 heavy (non-hydrogen) atoms. The van der Waals surface area contributed by atoms with E-state index in [1.165, 1.54) is 0 Å². The van der Waals surface area contributed by atoms with Crippen LogP contribution in [0.1, 0.15) is 41.1 Å². The molecule has 0 spiro atoms. The minimum atomic E-state index is -0.319. The lowest BCUT2D eigenvalue weighted by Crippen LogP contribution is -2.44. The number of guanidine groups is 1. The molecule has 2 heterocycles. The maximum atomic E-state index is 12.2. The van der Waals surface area contributed by atoms with Gasteiger partial charge in [-0.3, -0.25) is 4.79 Å². The molecule has 1 atom stereocenters. The normalized spacial score (nSPS) is 18.1. The Morgan fingerprint density at radius 2 is 2.23 bits per heavy atom. The van der Waals surface area contributed by atoms with E-state index < -0.39 is 0 Å². The molecule has 1 amide bonds. The van der Waals surface area contributed by atoms with Crippen LogP contribution in [-0.4, -0.2) is 33.3 Å². The number of aromatic nitrogens is 2. The summed E-state index contributed by atoms with van der Waals surface area (Å²) < 4.78 is 0. The van der Waals surface area contributed by atoms with Crippen LogP contribution in [-0.2, 0) is 6.42 Å². The van der Waals surface area contributed by atoms with Gasteiger partial charge in [0.2, 0.25) is 0 Å². The molecular formula is C16H19N5O. The van der Waals surface area contributed by atoms with Crippen molar-refractivity contribution in [1.82, 2.24) is 14.9 Å². The minimum Gasteiger partial charge on any atom is -0.369 e. The van der Waals surface area contributed by atoms with Gasteiger partial charge in [-0.2, -0.15) is 4.99 Å². The van der Waals surface area contributed by atoms with Gasteiger partial charge in [0, 0.05) is 24.2 Å². The number of aliphatic imine (C=N–C) groups is 1. The molecule has 0 bridgehead atoms. The topological polar surface area (TPSA) is 87.4 Å². The molecule has 1 unspecified atom stereocenters. The van der Waals surface area contributed by atoms with Crippen molar-refractivity contribution in [2.75, 3.05) is 6.54 Å². The molecule has 2 aromatic rings. The van der Waals surface area contributed by atoms with Crippen molar-refractivity contribution in [3.63, 3.8) is 0 Å². The lowest BCUT2D eigenvalue weighted by Gasteiger charge is -2.35. The van der Waals surface area contributed by atoms with Gasteiger partial charge in [0.1, 0.15) is 0 Å². The van der Waals surface area contributed by atoms with E-state index in [4.69, 9.17) is 5.73 Å². The monoisotopic (exact) mass is 297 g/mol. The van der Waals surface area contributed by atoms with Gasteiger partial charge < -0.3 is 15.6 Å². The van der Waals surface area contributed by atoms with Crippen molar-refractivity contribution in [3.05, 3.63) is 53.6 Å². The number of carbonyl (C=O) groups excluding carboxylic acids is 1. The van der Waals surface area contributed by atoms with E-state index in [1.54, 1.807) is 18.5 Å². The average molecular weight is 297 g/mol. The van der Waals surface area contributed by atoms with Crippen LogP contribution in [0, 0.1) is 0 Å². The van der Waals surface area contributed by atoms with Crippen LogP contribution >= 0.6 is 0 Å². The highest BCUT2D eigenvalue weighted by molar-refractivity contribution is 6.02. The predicted octanol–water partition coefficient (Wildman–Crippen LogP) is 1.87. The summed E-state index contributed by atoms with van der Waals surface area (Å²) in [5.74, 6) is -0.0601. The van der Waals surface area contributed by atoms with Crippen LogP contribution < -0.4 is 5.73 Å². The molecule has 6 nitrogen and oxygen atoms in total. The number of nitrogens with two attached hydrogens (primary N) is 1. The van der Waals surface area contributed by atoms with Crippen molar-refractivity contribution >= 4 is 11.9 Å². The molecule has 114 valence electrons. The Morgan fingerprint density at radius 1 is 1.45 bits per heavy atom. The standard InChI is InChI=1S/C16H19N5O/c1-2-13-14-12(18-10-19-14)8-9-21(13)16(17)20-15(22)11-6-4-3-5-7-11/h3-7,10,13H,2,8-9H2,1H3,(H,18,19)(H2,17,20,22). The lowest BCUT2D eigenvalue weighted by atomic mass is 10.0. The Balaban J connectivity index is 1.84. The first kappa shape index (κ1) is 14.3. The lowest BCUT2D eigenvalue weighted by molar-refractivity contribution is 0.1000. The minimum absolute atomic E-state index is 0.0577. The van der Waals surface area contributed by atoms with Crippen LogP contribution in [0.15, 0.2) is 41.7 Å². The number of hydrogen-bond donors (Lipinski definition) is 2. The zero-order valence-corrected chi connectivity index (χ0v) is 12.5. The van der Waals surface area contributed by atoms with E-state index in [-0.39, 0.29) is 17.9 Å². The SMILES string of the molecule is CCC1c2nc[nH]c2CCN1C(N)=NC(=O)c1ccccc1. The third-order valence-electron chi connectivity index (χ3n) is 3.96. The maximum absolute atomic E-state index is 12.2. The summed E-state index contributed by atoms with van der Waals surface area (Å²) in [7, 11) is 0. The Hall–Kier alpha value is -2.63. The highest BCUT2D eigenvalue weighted by atomic mass is 16.1. The number of aromatic amines is 1. The first-order valence-electron chi connectivity index (χ1n) is 7.43. The molecule has 1 aromatic heterocycles. The molecular weight excluding hydrogens is 278 g/mol. The second kappa shape index (κ2) is 6.01. The van der Waals surface area contributed by atoms with Gasteiger partial charge in [-0.1, -0.05) is 25.1 Å². The fourth-order valence-corrected chi connectivity index (χ4v) is 2.86. The van der Waals surface area contributed by atoms with Gasteiger partial charge in [0.25, 0.3) is 5.91 Å². The highest BCUT2D eigenvalue weighted by Gasteiger charge is 2.29. The molecule has 0 radical (unpaired) electrons. The summed E-state index contributed by atoms with van der Waals surface area (Å²) in [5.41, 5.74) is 8.78. The molecule has 1 aliphatic heterocycles. The van der Waals surface area contributed by atoms with Crippen LogP contribution in [0.25, 0.3) is 0 Å². The number of benzene rings is 1. The summed E-state index contributed by atoms with van der Waals surface area (Å²) in [4.78, 5) is 25.8. The first-order valence-corrected chi connectivity index (χ1v) is 7.43. The molecule has 0 aliphatic carbocycles. The van der Waals surface area contributed by atoms with E-state index in [9.17, 15) is 4.79 Å². The largest absolute Gasteiger partial charge is 0.369 e. The summed E-state index contributed by atoms with van der Waals surface area (Å²) in [6, 6.07) is 9.01. The Labute approximate surface area is 129 Å². The van der Waals surface area contributed by atoms with E-state index in [0.29, 0.717) is 5.56 Å². The summed E-state index contributed by atoms with van der Waals surface area (Å²) in [6.07, 6.45) is 3.38. The number of H-pyrrole nitrogens is 1. The average Bonchev–Trinajstić information content (AvgIpc) is 3.03. The number of nitrogens with zero attached hydrogens (tertiary/aromatic N) is 3. The van der Waals surface area contributed by atoms with Gasteiger partial charge in [-0.25, -0.2) is 4.98 Å². The molecule has 0 fully saturated rings. The molecule has 3 N–H and O–H groups in total. The Morgan fingerprint density at radius 3 is 2.95 bits per heavy atom. The third kappa shape index (κ3) is 2.59. The van der Waals surface area contributed by atoms with E-state index in [1.807, 2.05) is 23.1 Å². The number of fused-ring (bicyclic) bond motifs is 1. The van der Waals surface area contributed by atoms with Crippen LogP contribution in [0.4, 0.5) is 0 Å². The third-order valence-corrected chi connectivity index (χ3v) is 3.96. The molecule has 0 saturated carbocycles. The predicted molar refractivity (Wildman–Crippen MR) is 84.4 cm³/mol. The zero-order chi connectivity index (χ0) is 15.5. The molecule has 3 rings (SSSR count). The number of carbonyl (C=O) groups is 1. The van der Waals surface area contributed by atoms with Crippen molar-refractivity contribution in [2.24, 2.45) is 10.7 Å². The van der Waals surface area contributed by atoms with Gasteiger partial charge >= 0.3 is 0 Å². The van der Waals surface area contributed by atoms with E-state index in [2.05, 4.69) is 21.9 Å². The number of rotatable bonds is 2. The van der Waals surface area contributed by atoms with Crippen molar-refractivity contribution in [2.45, 2.75) is 25.8 Å². The number of imidazole rings is 1. The van der Waals surface area contributed by atoms with Crippen molar-refractivity contribution in [1.29, 1.82) is 0 Å². The Bertz CT molecular complexity index is 692. The van der Waals surface area contributed by atoms with Gasteiger partial charge in [-0.05, 0) is 18.6 Å². The quantitative estimate of drug-likeness (QED) is 0.654. The van der Waals surface area contributed by atoms with Crippen LogP contribution in [0.5, 0.6) is 0 Å². The zero-order valence-electron chi connectivity index (χ0n) is 12.5. The maximum Gasteiger partial charge on any atom is 0.280 e. The molecule has 6 heteroatoms. The Kier molecular flexibility index (Phi) is 3.91. The van der Waals surface area contributed by atoms with Crippen LogP contribution in [0.2, 0.25) is 0 Å². The summed E-state index contributed by atoms with van der Waals surface area (Å²) >= 11 is 0. The number of nitrogens with one attached hydrogen (secondary N) is 1. The van der Waals surface area contributed by atoms with Gasteiger partial charge in [-0.15, -0.1) is 0 Å². The second-order valence-electron chi connectivity index (χ2n) is 5.27. The number of hydrogen-bond acceptors (Lipinski definition) is 2. The van der Waals surface area contributed by atoms with Crippen LogP contribution in [0.3, 0.4) is 0 Å². The highest BCUT2D eigenvalue weighted by Crippen LogP contribution is 2.29. The fourth-order valence-electron chi connectivity index (χ4n) is 2.86. The summed E-state index contributed by atoms with van der Waals surface area (Å²) in [5, 5.41) is 0. The number of amides is 1. The molecule has 1 aromatic carbocycles. The molecule has 1 aliphatic rings. The second-order valence-corrected chi connectivity index (χ2v) is 5.27. The van der Waals surface area contributed by atoms with Gasteiger partial charge in [0.15, 0.2) is 5.96 Å². The van der Waals surface area contributed by atoms with E-state index >= 15 is 0 Å². The smallest absolute Gasteiger partial charge is 0.280 e. The summed E-state index contributed by atoms with van der Waals surface area (Å²) in [6.45, 7) is 2.80. The molecule has 0 saturated heterocycles. The van der Waals surface area contributed by atoms with E-state index in [0.717, 1.165) is 30.8 Å². The fraction of sp³-hybridized carbons (Fsp3) is 0.312. The van der Waals surface area contributed by atoms with Crippen molar-refractivity contribution in [3.8, 4) is 0 Å². The first-order chi connectivity index (χ1) is 10.7. The van der Waals surface area contributed by atoms with Crippen molar-refractivity contribution < 1.29 is 4.79 Å².